The van der Waals surface area contributed by atoms with E-state index in [1.165, 1.54) is 5.56 Å². The van der Waals surface area contributed by atoms with Gasteiger partial charge in [0.05, 0.1) is 21.2 Å². The van der Waals surface area contributed by atoms with E-state index in [2.05, 4.69) is 36.7 Å². The minimum absolute atomic E-state index is 0.128. The summed E-state index contributed by atoms with van der Waals surface area (Å²) in [4.78, 5) is 13.9. The topological polar surface area (TPSA) is 29.5 Å². The van der Waals surface area contributed by atoms with Gasteiger partial charge >= 0.3 is 5.97 Å². The van der Waals surface area contributed by atoms with Gasteiger partial charge in [0.15, 0.2) is 0 Å². The zero-order chi connectivity index (χ0) is 14.3. The molecule has 0 atom stereocenters. The van der Waals surface area contributed by atoms with Gasteiger partial charge in [-0.3, -0.25) is 9.69 Å². The van der Waals surface area contributed by atoms with E-state index in [9.17, 15) is 4.79 Å². The van der Waals surface area contributed by atoms with Crippen molar-refractivity contribution in [3.63, 3.8) is 0 Å². The van der Waals surface area contributed by atoms with Gasteiger partial charge in [-0.2, -0.15) is 0 Å². The molecule has 0 fully saturated rings. The molecule has 0 radical (unpaired) electrons. The Morgan fingerprint density at radius 1 is 1.21 bits per heavy atom. The standard InChI is InChI=1S/C15H25NO2Si/c1-5-18-15(17)12-16(13-19(2,3)4)11-14-9-7-6-8-10-14/h6-10H,5,11-13H2,1-4H3. The van der Waals surface area contributed by atoms with Crippen molar-refractivity contribution in [2.45, 2.75) is 33.1 Å². The molecule has 0 aromatic heterocycles. The van der Waals surface area contributed by atoms with Crippen LogP contribution in [0.15, 0.2) is 30.3 Å². The lowest BCUT2D eigenvalue weighted by molar-refractivity contribution is -0.144. The highest BCUT2D eigenvalue weighted by Crippen LogP contribution is 2.09. The number of ether oxygens (including phenoxy) is 1. The molecule has 1 aromatic carbocycles. The second-order valence-corrected chi connectivity index (χ2v) is 11.4. The third kappa shape index (κ3) is 7.13. The number of carbonyl (C=O) groups is 1. The Hall–Kier alpha value is -1.13. The Kier molecular flexibility index (Phi) is 6.25. The zero-order valence-electron chi connectivity index (χ0n) is 12.5. The SMILES string of the molecule is CCOC(=O)CN(Cc1ccccc1)C[Si](C)(C)C. The smallest absolute Gasteiger partial charge is 0.320 e. The lowest BCUT2D eigenvalue weighted by atomic mass is 10.2. The van der Waals surface area contributed by atoms with Gasteiger partial charge in [-0.1, -0.05) is 50.0 Å². The van der Waals surface area contributed by atoms with Crippen molar-refractivity contribution in [3.05, 3.63) is 35.9 Å². The van der Waals surface area contributed by atoms with Crippen LogP contribution in [0.5, 0.6) is 0 Å². The lowest BCUT2D eigenvalue weighted by Crippen LogP contribution is -2.42. The second kappa shape index (κ2) is 7.45. The average Bonchev–Trinajstić information content (AvgIpc) is 2.28. The van der Waals surface area contributed by atoms with E-state index in [0.717, 1.165) is 12.7 Å². The fraction of sp³-hybridized carbons (Fsp3) is 0.533. The van der Waals surface area contributed by atoms with Crippen LogP contribution in [0.3, 0.4) is 0 Å². The summed E-state index contributed by atoms with van der Waals surface area (Å²) in [6.45, 7) is 10.4. The maximum atomic E-state index is 11.7. The summed E-state index contributed by atoms with van der Waals surface area (Å²) in [5.41, 5.74) is 1.24. The normalized spacial score (nSPS) is 11.6. The number of hydrogen-bond donors (Lipinski definition) is 0. The van der Waals surface area contributed by atoms with Crippen LogP contribution in [-0.4, -0.2) is 38.3 Å². The molecule has 0 unspecified atom stereocenters. The third-order valence-corrected chi connectivity index (χ3v) is 4.00. The molecule has 4 heteroatoms. The minimum atomic E-state index is -1.25. The van der Waals surface area contributed by atoms with Crippen molar-refractivity contribution >= 4 is 14.0 Å². The molecular weight excluding hydrogens is 254 g/mol. The van der Waals surface area contributed by atoms with E-state index in [4.69, 9.17) is 4.74 Å². The highest BCUT2D eigenvalue weighted by molar-refractivity contribution is 6.76. The van der Waals surface area contributed by atoms with Crippen LogP contribution >= 0.6 is 0 Å². The van der Waals surface area contributed by atoms with Gasteiger partial charge in [0, 0.05) is 6.54 Å². The number of rotatable bonds is 7. The molecule has 0 spiro atoms. The number of carbonyl (C=O) groups excluding carboxylic acids is 1. The Labute approximate surface area is 117 Å². The summed E-state index contributed by atoms with van der Waals surface area (Å²) < 4.78 is 5.06. The van der Waals surface area contributed by atoms with Gasteiger partial charge in [-0.15, -0.1) is 0 Å². The lowest BCUT2D eigenvalue weighted by Gasteiger charge is -2.28. The van der Waals surface area contributed by atoms with Crippen molar-refractivity contribution in [3.8, 4) is 0 Å². The van der Waals surface area contributed by atoms with Crippen molar-refractivity contribution < 1.29 is 9.53 Å². The van der Waals surface area contributed by atoms with Crippen LogP contribution in [0.1, 0.15) is 12.5 Å². The number of esters is 1. The molecule has 0 N–H and O–H groups in total. The summed E-state index contributed by atoms with van der Waals surface area (Å²) in [6.07, 6.45) is 1.00. The monoisotopic (exact) mass is 279 g/mol. The fourth-order valence-electron chi connectivity index (χ4n) is 2.07. The fourth-order valence-corrected chi connectivity index (χ4v) is 3.63. The molecule has 0 saturated heterocycles. The summed E-state index contributed by atoms with van der Waals surface area (Å²) in [6, 6.07) is 10.3. The van der Waals surface area contributed by atoms with Crippen LogP contribution < -0.4 is 0 Å². The molecule has 0 aliphatic carbocycles. The van der Waals surface area contributed by atoms with E-state index in [1.807, 2.05) is 25.1 Å². The maximum absolute atomic E-state index is 11.7. The predicted molar refractivity (Wildman–Crippen MR) is 81.7 cm³/mol. The predicted octanol–water partition coefficient (Wildman–Crippen LogP) is 2.93. The highest BCUT2D eigenvalue weighted by Gasteiger charge is 2.21. The Morgan fingerprint density at radius 3 is 2.37 bits per heavy atom. The first-order chi connectivity index (χ1) is 8.90. The second-order valence-electron chi connectivity index (χ2n) is 6.00. The van der Waals surface area contributed by atoms with Crippen molar-refractivity contribution in [2.75, 3.05) is 19.3 Å². The van der Waals surface area contributed by atoms with Gasteiger partial charge in [-0.25, -0.2) is 0 Å². The summed E-state index contributed by atoms with van der Waals surface area (Å²) in [7, 11) is -1.25. The number of hydrogen-bond acceptors (Lipinski definition) is 3. The molecule has 0 bridgehead atoms. The Bertz CT molecular complexity index is 387. The largest absolute Gasteiger partial charge is 0.465 e. The van der Waals surface area contributed by atoms with E-state index in [0.29, 0.717) is 13.2 Å². The number of benzene rings is 1. The first-order valence-electron chi connectivity index (χ1n) is 6.82. The minimum Gasteiger partial charge on any atom is -0.465 e. The molecule has 0 aliphatic heterocycles. The third-order valence-electron chi connectivity index (χ3n) is 2.60. The van der Waals surface area contributed by atoms with Crippen LogP contribution in [0.2, 0.25) is 19.6 Å². The van der Waals surface area contributed by atoms with Crippen LogP contribution in [0.4, 0.5) is 0 Å². The quantitative estimate of drug-likeness (QED) is 0.568. The molecule has 19 heavy (non-hydrogen) atoms. The Morgan fingerprint density at radius 2 is 1.84 bits per heavy atom. The summed E-state index contributed by atoms with van der Waals surface area (Å²) in [5.74, 6) is -0.128. The van der Waals surface area contributed by atoms with Crippen molar-refractivity contribution in [1.29, 1.82) is 0 Å². The van der Waals surface area contributed by atoms with Gasteiger partial charge < -0.3 is 4.74 Å². The molecular formula is C15H25NO2Si. The maximum Gasteiger partial charge on any atom is 0.320 e. The summed E-state index contributed by atoms with van der Waals surface area (Å²) in [5, 5.41) is 0. The van der Waals surface area contributed by atoms with Crippen LogP contribution in [-0.2, 0) is 16.1 Å². The van der Waals surface area contributed by atoms with E-state index in [1.54, 1.807) is 0 Å². The van der Waals surface area contributed by atoms with Crippen LogP contribution in [0.25, 0.3) is 0 Å². The van der Waals surface area contributed by atoms with Gasteiger partial charge in [-0.05, 0) is 18.7 Å². The number of nitrogens with zero attached hydrogens (tertiary/aromatic N) is 1. The molecule has 0 aliphatic rings. The first-order valence-corrected chi connectivity index (χ1v) is 10.5. The molecule has 1 aromatic rings. The van der Waals surface area contributed by atoms with E-state index < -0.39 is 8.07 Å². The zero-order valence-corrected chi connectivity index (χ0v) is 13.5. The van der Waals surface area contributed by atoms with Gasteiger partial charge in [0.25, 0.3) is 0 Å². The molecule has 0 saturated carbocycles. The summed E-state index contributed by atoms with van der Waals surface area (Å²) >= 11 is 0. The van der Waals surface area contributed by atoms with E-state index >= 15 is 0 Å². The molecule has 3 nitrogen and oxygen atoms in total. The highest BCUT2D eigenvalue weighted by atomic mass is 28.3. The average molecular weight is 279 g/mol. The molecule has 0 heterocycles. The Balaban J connectivity index is 2.66. The molecule has 0 amide bonds. The molecule has 106 valence electrons. The van der Waals surface area contributed by atoms with Crippen molar-refractivity contribution in [2.24, 2.45) is 0 Å². The van der Waals surface area contributed by atoms with E-state index in [-0.39, 0.29) is 5.97 Å². The van der Waals surface area contributed by atoms with Crippen molar-refractivity contribution in [1.82, 2.24) is 4.90 Å². The van der Waals surface area contributed by atoms with Crippen LogP contribution in [0, 0.1) is 0 Å². The van der Waals surface area contributed by atoms with Gasteiger partial charge in [0.2, 0.25) is 0 Å². The first kappa shape index (κ1) is 15.9. The van der Waals surface area contributed by atoms with Gasteiger partial charge in [0.1, 0.15) is 0 Å². The molecule has 1 rings (SSSR count).